The fourth-order valence-electron chi connectivity index (χ4n) is 0.905. The maximum absolute atomic E-state index is 2.48. The van der Waals surface area contributed by atoms with E-state index in [4.69, 9.17) is 0 Å². The van der Waals surface area contributed by atoms with Crippen LogP contribution in [0.5, 0.6) is 0 Å². The monoisotopic (exact) mass is 190 g/mol. The van der Waals surface area contributed by atoms with Gasteiger partial charge in [-0.05, 0) is 0 Å². The van der Waals surface area contributed by atoms with Crippen LogP contribution >= 0.6 is 0 Å². The van der Waals surface area contributed by atoms with Gasteiger partial charge in [-0.2, -0.15) is 0 Å². The van der Waals surface area contributed by atoms with E-state index in [-0.39, 0.29) is 6.19 Å². The minimum atomic E-state index is 0.0851. The van der Waals surface area contributed by atoms with Crippen LogP contribution in [0.4, 0.5) is 0 Å². The predicted molar refractivity (Wildman–Crippen MR) is 45.2 cm³/mol. The number of rotatable bonds is 6. The number of hydrogen-bond acceptors (Lipinski definition) is 0. The minimum absolute atomic E-state index is 0.0851. The van der Waals surface area contributed by atoms with Gasteiger partial charge in [-0.25, -0.2) is 0 Å². The Hall–Kier alpha value is 0.931. The van der Waals surface area contributed by atoms with Crippen molar-refractivity contribution in [3.8, 4) is 0 Å². The van der Waals surface area contributed by atoms with E-state index in [9.17, 15) is 0 Å². The summed E-state index contributed by atoms with van der Waals surface area (Å²) >= 11 is 2.48. The average molecular weight is 190 g/mol. The first-order valence-corrected chi connectivity index (χ1v) is 8.63. The molecule has 0 unspecified atom stereocenters. The molecule has 0 aliphatic heterocycles. The van der Waals surface area contributed by atoms with Gasteiger partial charge >= 0.3 is 77.0 Å². The van der Waals surface area contributed by atoms with E-state index >= 15 is 0 Å². The van der Waals surface area contributed by atoms with Crippen molar-refractivity contribution < 1.29 is 19.2 Å². The summed E-state index contributed by atoms with van der Waals surface area (Å²) < 4.78 is 0. The van der Waals surface area contributed by atoms with Crippen molar-refractivity contribution in [2.45, 2.75) is 51.6 Å². The molecule has 0 aromatic rings. The molecule has 0 bridgehead atoms. The number of hydrogen-bond donors (Lipinski definition) is 0. The Morgan fingerprint density at radius 3 is 1.70 bits per heavy atom. The second kappa shape index (κ2) is 8.03. The molecule has 0 N–H and O–H groups in total. The molecule has 0 saturated heterocycles. The molecule has 0 fully saturated rings. The van der Waals surface area contributed by atoms with Crippen molar-refractivity contribution >= 4 is 6.19 Å². The van der Waals surface area contributed by atoms with E-state index in [2.05, 4.69) is 33.0 Å². The molecule has 0 aliphatic carbocycles. The van der Waals surface area contributed by atoms with Crippen LogP contribution in [0.1, 0.15) is 39.5 Å². The van der Waals surface area contributed by atoms with E-state index in [1.54, 1.807) is 12.1 Å². The van der Waals surface area contributed by atoms with E-state index < -0.39 is 0 Å². The summed E-state index contributed by atoms with van der Waals surface area (Å²) in [5.74, 6) is 0. The zero-order chi connectivity index (χ0) is 7.82. The van der Waals surface area contributed by atoms with Crippen molar-refractivity contribution in [3.63, 3.8) is 0 Å². The molecule has 0 nitrogen and oxygen atoms in total. The summed E-state index contributed by atoms with van der Waals surface area (Å²) in [7, 11) is 0. The molecule has 0 saturated carbocycles. The molecule has 0 spiro atoms. The Kier molecular flexibility index (Phi) is 8.78. The van der Waals surface area contributed by atoms with Crippen molar-refractivity contribution in [3.05, 3.63) is 0 Å². The first-order chi connectivity index (χ1) is 4.81. The third-order valence-corrected chi connectivity index (χ3v) is 5.92. The quantitative estimate of drug-likeness (QED) is 0.564. The van der Waals surface area contributed by atoms with Crippen LogP contribution in [0, 0.1) is 0 Å². The molecular weight excluding hydrogens is 172 g/mol. The van der Waals surface area contributed by atoms with Gasteiger partial charge in [-0.3, -0.25) is 0 Å². The van der Waals surface area contributed by atoms with Gasteiger partial charge < -0.3 is 0 Å². The van der Waals surface area contributed by atoms with Crippen LogP contribution in [0.3, 0.4) is 0 Å². The third kappa shape index (κ3) is 7.04. The summed E-state index contributed by atoms with van der Waals surface area (Å²) in [5, 5.41) is 0. The van der Waals surface area contributed by atoms with Crippen LogP contribution < -0.4 is 0 Å². The van der Waals surface area contributed by atoms with Gasteiger partial charge in [0.15, 0.2) is 0 Å². The van der Waals surface area contributed by atoms with Gasteiger partial charge in [0.05, 0.1) is 0 Å². The molecule has 0 radical (unpaired) electrons. The fourth-order valence-corrected chi connectivity index (χ4v) is 4.37. The van der Waals surface area contributed by atoms with Crippen molar-refractivity contribution in [1.29, 1.82) is 0 Å². The predicted octanol–water partition coefficient (Wildman–Crippen LogP) is 3.12. The van der Waals surface area contributed by atoms with Gasteiger partial charge in [-0.15, -0.1) is 0 Å². The summed E-state index contributed by atoms with van der Waals surface area (Å²) in [6.07, 6.45) is 5.78. The second-order valence-corrected chi connectivity index (χ2v) is 8.33. The van der Waals surface area contributed by atoms with Gasteiger partial charge in [0.1, 0.15) is 0 Å². The maximum atomic E-state index is 2.48. The van der Waals surface area contributed by atoms with Crippen LogP contribution in [0.2, 0.25) is 12.1 Å². The average Bonchev–Trinajstić information content (AvgIpc) is 1.97. The van der Waals surface area contributed by atoms with Gasteiger partial charge in [0.2, 0.25) is 0 Å². The molecule has 0 amide bonds. The Balaban J connectivity index is 3.09. The molecule has 0 heterocycles. The molecule has 0 aliphatic rings. The molecule has 2 heteroatoms. The molecule has 10 heavy (non-hydrogen) atoms. The molecule has 0 aromatic heterocycles. The summed E-state index contributed by atoms with van der Waals surface area (Å²) in [6, 6.07) is 3.09. The molecule has 0 rings (SSSR count). The molecule has 0 atom stereocenters. The van der Waals surface area contributed by atoms with Crippen molar-refractivity contribution in [2.75, 3.05) is 0 Å². The summed E-state index contributed by atoms with van der Waals surface area (Å²) in [6.45, 7) is 4.57. The van der Waals surface area contributed by atoms with Gasteiger partial charge in [-0.1, -0.05) is 0 Å². The molecule has 0 aromatic carbocycles. The van der Waals surface area contributed by atoms with Crippen LogP contribution in [-0.4, -0.2) is 6.19 Å². The molecular formula is C8H18SiTi+2. The standard InChI is InChI=1S/C8H18Si.Ti/c1-3-5-7-9-8-6-4-2;/h3-8H2,1-2H3;/q;+2. The number of unbranched alkanes of at least 4 members (excludes halogenated alkanes) is 2. The van der Waals surface area contributed by atoms with Gasteiger partial charge in [0.25, 0.3) is 0 Å². The fraction of sp³-hybridized carbons (Fsp3) is 1.00. The van der Waals surface area contributed by atoms with E-state index in [0.717, 1.165) is 0 Å². The van der Waals surface area contributed by atoms with Crippen molar-refractivity contribution in [1.82, 2.24) is 0 Å². The van der Waals surface area contributed by atoms with E-state index in [1.165, 1.54) is 25.7 Å². The van der Waals surface area contributed by atoms with Crippen LogP contribution in [0.25, 0.3) is 0 Å². The normalized spacial score (nSPS) is 10.0. The van der Waals surface area contributed by atoms with E-state index in [1.807, 2.05) is 0 Å². The van der Waals surface area contributed by atoms with Gasteiger partial charge in [0, 0.05) is 0 Å². The first kappa shape index (κ1) is 10.9. The van der Waals surface area contributed by atoms with Crippen molar-refractivity contribution in [2.24, 2.45) is 0 Å². The van der Waals surface area contributed by atoms with Crippen LogP contribution in [0.15, 0.2) is 0 Å². The second-order valence-electron chi connectivity index (χ2n) is 2.81. The SMILES string of the molecule is CCCC[Si](=[Ti+2])CCCC. The summed E-state index contributed by atoms with van der Waals surface area (Å²) in [5.41, 5.74) is 0. The van der Waals surface area contributed by atoms with E-state index in [0.29, 0.717) is 0 Å². The topological polar surface area (TPSA) is 0 Å². The first-order valence-electron chi connectivity index (χ1n) is 4.37. The Morgan fingerprint density at radius 1 is 1.00 bits per heavy atom. The Labute approximate surface area is 77.0 Å². The zero-order valence-electron chi connectivity index (χ0n) is 7.24. The molecule has 56 valence electrons. The third-order valence-electron chi connectivity index (χ3n) is 1.66. The zero-order valence-corrected chi connectivity index (χ0v) is 9.80. The Morgan fingerprint density at radius 2 is 1.40 bits per heavy atom. The Bertz CT molecular complexity index is 81.3. The van der Waals surface area contributed by atoms with Crippen LogP contribution in [-0.2, 0) is 19.2 Å². The summed E-state index contributed by atoms with van der Waals surface area (Å²) in [4.78, 5) is 0.